The second-order valence-corrected chi connectivity index (χ2v) is 3.67. The molecule has 0 atom stereocenters. The Morgan fingerprint density at radius 1 is 1.56 bits per heavy atom. The molecule has 6 heteroatoms. The van der Waals surface area contributed by atoms with E-state index < -0.39 is 11.5 Å². The smallest absolute Gasteiger partial charge is 0.280 e. The van der Waals surface area contributed by atoms with Crippen LogP contribution >= 0.6 is 11.6 Å². The first kappa shape index (κ1) is 12.7. The fourth-order valence-corrected chi connectivity index (χ4v) is 1.18. The van der Waals surface area contributed by atoms with Crippen LogP contribution in [-0.4, -0.2) is 23.4 Å². The van der Waals surface area contributed by atoms with E-state index in [1.807, 2.05) is 6.92 Å². The highest BCUT2D eigenvalue weighted by Crippen LogP contribution is 2.02. The van der Waals surface area contributed by atoms with Crippen molar-refractivity contribution in [3.05, 3.63) is 33.2 Å². The van der Waals surface area contributed by atoms with Gasteiger partial charge in [-0.1, -0.05) is 0 Å². The highest BCUT2D eigenvalue weighted by Gasteiger charge is 2.11. The predicted octanol–water partition coefficient (Wildman–Crippen LogP) is 0.892. The van der Waals surface area contributed by atoms with Crippen LogP contribution < -0.4 is 11.0 Å². The number of amides is 1. The number of hydrogen-bond acceptors (Lipinski definition) is 3. The molecule has 0 aliphatic heterocycles. The highest BCUT2D eigenvalue weighted by molar-refractivity contribution is 6.17. The van der Waals surface area contributed by atoms with Gasteiger partial charge < -0.3 is 4.98 Å². The summed E-state index contributed by atoms with van der Waals surface area (Å²) >= 11 is 5.36. The number of rotatable bonds is 4. The van der Waals surface area contributed by atoms with Crippen molar-refractivity contribution < 1.29 is 9.63 Å². The van der Waals surface area contributed by atoms with Crippen LogP contribution in [0, 0.1) is 13.8 Å². The lowest BCUT2D eigenvalue weighted by atomic mass is 10.1. The number of nitrogens with one attached hydrogen (secondary N) is 2. The molecular formula is C10H13ClN2O3. The monoisotopic (exact) mass is 244 g/mol. The Labute approximate surface area is 97.7 Å². The molecular weight excluding hydrogens is 232 g/mol. The molecule has 1 aromatic heterocycles. The summed E-state index contributed by atoms with van der Waals surface area (Å²) in [5.41, 5.74) is 3.31. The van der Waals surface area contributed by atoms with Crippen LogP contribution in [0.15, 0.2) is 10.9 Å². The highest BCUT2D eigenvalue weighted by atomic mass is 35.5. The van der Waals surface area contributed by atoms with Gasteiger partial charge in [0.05, 0.1) is 6.61 Å². The molecule has 0 spiro atoms. The first-order chi connectivity index (χ1) is 7.56. The number of aryl methyl sites for hydroxylation is 2. The van der Waals surface area contributed by atoms with Crippen LogP contribution in [0.5, 0.6) is 0 Å². The van der Waals surface area contributed by atoms with Crippen molar-refractivity contribution in [3.8, 4) is 0 Å². The van der Waals surface area contributed by atoms with E-state index in [0.717, 1.165) is 11.3 Å². The van der Waals surface area contributed by atoms with Crippen molar-refractivity contribution in [2.24, 2.45) is 0 Å². The number of alkyl halides is 1. The molecule has 0 aliphatic carbocycles. The minimum Gasteiger partial charge on any atom is -0.326 e. The Balaban J connectivity index is 2.84. The summed E-state index contributed by atoms with van der Waals surface area (Å²) in [5, 5.41) is 0. The summed E-state index contributed by atoms with van der Waals surface area (Å²) in [7, 11) is 0. The molecule has 5 nitrogen and oxygen atoms in total. The molecule has 16 heavy (non-hydrogen) atoms. The Kier molecular flexibility index (Phi) is 4.52. The van der Waals surface area contributed by atoms with Gasteiger partial charge in [-0.2, -0.15) is 0 Å². The number of hydrogen-bond donors (Lipinski definition) is 2. The third kappa shape index (κ3) is 3.08. The average Bonchev–Trinajstić information content (AvgIpc) is 2.23. The summed E-state index contributed by atoms with van der Waals surface area (Å²) < 4.78 is 0. The Hall–Kier alpha value is -1.33. The fraction of sp³-hybridized carbons (Fsp3) is 0.400. The molecule has 88 valence electrons. The van der Waals surface area contributed by atoms with Crippen molar-refractivity contribution in [2.45, 2.75) is 13.8 Å². The van der Waals surface area contributed by atoms with E-state index in [0.29, 0.717) is 0 Å². The average molecular weight is 245 g/mol. The fourth-order valence-electron chi connectivity index (χ4n) is 1.11. The maximum atomic E-state index is 11.5. The number of aromatic nitrogens is 1. The van der Waals surface area contributed by atoms with Gasteiger partial charge in [-0.3, -0.25) is 14.4 Å². The van der Waals surface area contributed by atoms with Gasteiger partial charge in [-0.05, 0) is 25.5 Å². The SMILES string of the molecule is Cc1cc(C(=O)NOCCCl)c(=O)[nH]c1C. The number of H-pyrrole nitrogens is 1. The van der Waals surface area contributed by atoms with Gasteiger partial charge in [0.25, 0.3) is 11.5 Å². The first-order valence-electron chi connectivity index (χ1n) is 4.75. The third-order valence-corrected chi connectivity index (χ3v) is 2.24. The lowest BCUT2D eigenvalue weighted by molar-refractivity contribution is 0.0370. The lowest BCUT2D eigenvalue weighted by Crippen LogP contribution is -2.30. The van der Waals surface area contributed by atoms with Crippen LogP contribution in [0.1, 0.15) is 21.6 Å². The molecule has 1 aromatic rings. The zero-order chi connectivity index (χ0) is 12.1. The molecule has 1 heterocycles. The van der Waals surface area contributed by atoms with Crippen molar-refractivity contribution >= 4 is 17.5 Å². The van der Waals surface area contributed by atoms with E-state index in [-0.39, 0.29) is 18.1 Å². The first-order valence-corrected chi connectivity index (χ1v) is 5.28. The second kappa shape index (κ2) is 5.67. The normalized spacial score (nSPS) is 10.2. The van der Waals surface area contributed by atoms with Crippen molar-refractivity contribution in [1.82, 2.24) is 10.5 Å². The minimum atomic E-state index is -0.575. The number of carbonyl (C=O) groups excluding carboxylic acids is 1. The number of aromatic amines is 1. The second-order valence-electron chi connectivity index (χ2n) is 3.29. The quantitative estimate of drug-likeness (QED) is 0.470. The number of carbonyl (C=O) groups is 1. The summed E-state index contributed by atoms with van der Waals surface area (Å²) in [6, 6.07) is 1.52. The zero-order valence-electron chi connectivity index (χ0n) is 9.09. The molecule has 0 bridgehead atoms. The van der Waals surface area contributed by atoms with Crippen LogP contribution in [-0.2, 0) is 4.84 Å². The Morgan fingerprint density at radius 3 is 2.88 bits per heavy atom. The summed E-state index contributed by atoms with van der Waals surface area (Å²) in [5.74, 6) is -0.307. The van der Waals surface area contributed by atoms with E-state index in [2.05, 4.69) is 10.5 Å². The Morgan fingerprint density at radius 2 is 2.25 bits per heavy atom. The Bertz CT molecular complexity index is 442. The van der Waals surface area contributed by atoms with Gasteiger partial charge in [0.2, 0.25) is 0 Å². The molecule has 0 saturated carbocycles. The number of pyridine rings is 1. The lowest BCUT2D eigenvalue weighted by Gasteiger charge is -2.05. The van der Waals surface area contributed by atoms with Crippen LogP contribution in [0.2, 0.25) is 0 Å². The van der Waals surface area contributed by atoms with Crippen molar-refractivity contribution in [3.63, 3.8) is 0 Å². The van der Waals surface area contributed by atoms with Crippen LogP contribution in [0.3, 0.4) is 0 Å². The van der Waals surface area contributed by atoms with E-state index in [1.54, 1.807) is 6.92 Å². The number of halogens is 1. The minimum absolute atomic E-state index is 0.0256. The maximum absolute atomic E-state index is 11.5. The van der Waals surface area contributed by atoms with Crippen molar-refractivity contribution in [1.29, 1.82) is 0 Å². The summed E-state index contributed by atoms with van der Waals surface area (Å²) in [6.45, 7) is 3.76. The third-order valence-electron chi connectivity index (χ3n) is 2.09. The van der Waals surface area contributed by atoms with Crippen LogP contribution in [0.4, 0.5) is 0 Å². The summed E-state index contributed by atoms with van der Waals surface area (Å²) in [4.78, 5) is 30.3. The van der Waals surface area contributed by atoms with Gasteiger partial charge in [0.15, 0.2) is 0 Å². The van der Waals surface area contributed by atoms with Gasteiger partial charge >= 0.3 is 0 Å². The van der Waals surface area contributed by atoms with E-state index in [9.17, 15) is 9.59 Å². The van der Waals surface area contributed by atoms with Gasteiger partial charge in [0.1, 0.15) is 5.56 Å². The molecule has 1 amide bonds. The predicted molar refractivity (Wildman–Crippen MR) is 60.7 cm³/mol. The molecule has 2 N–H and O–H groups in total. The molecule has 0 aromatic carbocycles. The van der Waals surface area contributed by atoms with Crippen molar-refractivity contribution in [2.75, 3.05) is 12.5 Å². The summed E-state index contributed by atoms with van der Waals surface area (Å²) in [6.07, 6.45) is 0. The van der Waals surface area contributed by atoms with E-state index >= 15 is 0 Å². The molecule has 0 aliphatic rings. The van der Waals surface area contributed by atoms with E-state index in [1.165, 1.54) is 6.07 Å². The van der Waals surface area contributed by atoms with Gasteiger partial charge in [-0.15, -0.1) is 11.6 Å². The van der Waals surface area contributed by atoms with E-state index in [4.69, 9.17) is 16.4 Å². The zero-order valence-corrected chi connectivity index (χ0v) is 9.85. The standard InChI is InChI=1S/C10H13ClN2O3/c1-6-5-8(9(14)12-7(6)2)10(15)13-16-4-3-11/h5H,3-4H2,1-2H3,(H,12,14)(H,13,15). The van der Waals surface area contributed by atoms with Gasteiger partial charge in [0, 0.05) is 11.6 Å². The van der Waals surface area contributed by atoms with Crippen LogP contribution in [0.25, 0.3) is 0 Å². The topological polar surface area (TPSA) is 71.2 Å². The largest absolute Gasteiger partial charge is 0.326 e. The number of hydroxylamine groups is 1. The molecule has 1 rings (SSSR count). The van der Waals surface area contributed by atoms with Gasteiger partial charge in [-0.25, -0.2) is 5.48 Å². The molecule has 0 saturated heterocycles. The maximum Gasteiger partial charge on any atom is 0.280 e. The molecule has 0 radical (unpaired) electrons. The molecule has 0 unspecified atom stereocenters. The molecule has 0 fully saturated rings.